The molecule has 350 valence electrons. The number of furan rings is 2. The molecule has 2 fully saturated rings. The molecule has 2 aliphatic rings. The van der Waals surface area contributed by atoms with E-state index in [-0.39, 0.29) is 23.8 Å². The number of nitrogens with zero attached hydrogens (tertiary/aromatic N) is 10. The van der Waals surface area contributed by atoms with E-state index in [1.807, 2.05) is 46.4 Å². The highest BCUT2D eigenvalue weighted by Gasteiger charge is 2.31. The fraction of sp³-hybridized carbons (Fsp3) is 0.417. The van der Waals surface area contributed by atoms with Crippen LogP contribution in [0.2, 0.25) is 10.0 Å². The van der Waals surface area contributed by atoms with Gasteiger partial charge in [0.2, 0.25) is 11.8 Å². The Morgan fingerprint density at radius 1 is 0.591 bits per heavy atom. The van der Waals surface area contributed by atoms with Gasteiger partial charge in [-0.1, -0.05) is 62.7 Å². The van der Waals surface area contributed by atoms with E-state index in [1.54, 1.807) is 36.4 Å². The Morgan fingerprint density at radius 2 is 1.00 bits per heavy atom. The summed E-state index contributed by atoms with van der Waals surface area (Å²) in [6.45, 7) is 10.2. The lowest BCUT2D eigenvalue weighted by Crippen LogP contribution is -2.59. The van der Waals surface area contributed by atoms with Crippen LogP contribution in [0.25, 0.3) is 22.6 Å². The van der Waals surface area contributed by atoms with Gasteiger partial charge in [-0.2, -0.15) is 28.9 Å². The van der Waals surface area contributed by atoms with Gasteiger partial charge in [-0.25, -0.2) is 9.59 Å². The Morgan fingerprint density at radius 3 is 1.39 bits per heavy atom. The lowest BCUT2D eigenvalue weighted by atomic mass is 10.0. The highest BCUT2D eigenvalue weighted by atomic mass is 35.5. The van der Waals surface area contributed by atoms with Crippen molar-refractivity contribution in [2.75, 3.05) is 62.4 Å². The van der Waals surface area contributed by atoms with Crippen LogP contribution in [0.15, 0.2) is 114 Å². The number of rotatable bonds is 19. The van der Waals surface area contributed by atoms with Gasteiger partial charge in [0.15, 0.2) is 0 Å². The number of halogens is 2. The third kappa shape index (κ3) is 11.0. The summed E-state index contributed by atoms with van der Waals surface area (Å²) in [6, 6.07) is 22.3. The first-order valence-corrected chi connectivity index (χ1v) is 23.7. The van der Waals surface area contributed by atoms with E-state index in [1.165, 1.54) is 34.2 Å². The fourth-order valence-electron chi connectivity index (χ4n) is 8.91. The zero-order valence-corrected chi connectivity index (χ0v) is 39.0. The van der Waals surface area contributed by atoms with Crippen LogP contribution in [-0.4, -0.2) is 116 Å². The number of benzene rings is 2. The van der Waals surface area contributed by atoms with Crippen molar-refractivity contribution in [3.63, 3.8) is 0 Å². The topological polar surface area (TPSA) is 158 Å². The number of hydrogen-bond acceptors (Lipinski definition) is 12. The molecule has 6 heterocycles. The second kappa shape index (κ2) is 21.6. The summed E-state index contributed by atoms with van der Waals surface area (Å²) in [7, 11) is 0. The van der Waals surface area contributed by atoms with Crippen molar-refractivity contribution in [2.24, 2.45) is 10.2 Å². The summed E-state index contributed by atoms with van der Waals surface area (Å²) in [5.41, 5.74) is 0.839. The second-order valence-electron chi connectivity index (χ2n) is 17.0. The molecule has 0 spiro atoms. The molecule has 0 saturated carbocycles. The van der Waals surface area contributed by atoms with Gasteiger partial charge in [-0.3, -0.25) is 9.80 Å². The molecule has 0 aliphatic carbocycles. The van der Waals surface area contributed by atoms with Gasteiger partial charge >= 0.3 is 11.4 Å². The first kappa shape index (κ1) is 46.6. The summed E-state index contributed by atoms with van der Waals surface area (Å²) in [5.74, 6) is 1.90. The van der Waals surface area contributed by atoms with Crippen molar-refractivity contribution < 1.29 is 19.0 Å². The summed E-state index contributed by atoms with van der Waals surface area (Å²) in [5, 5.41) is 35.7. The van der Waals surface area contributed by atoms with E-state index < -0.39 is 11.4 Å². The van der Waals surface area contributed by atoms with Crippen molar-refractivity contribution in [1.29, 1.82) is 0 Å². The van der Waals surface area contributed by atoms with Crippen molar-refractivity contribution in [3.8, 4) is 34.4 Å². The van der Waals surface area contributed by atoms with Crippen molar-refractivity contribution in [2.45, 2.75) is 77.3 Å². The predicted molar refractivity (Wildman–Crippen MR) is 260 cm³/mol. The van der Waals surface area contributed by atoms with Crippen LogP contribution in [-0.2, 0) is 0 Å². The highest BCUT2D eigenvalue weighted by Crippen LogP contribution is 2.26. The smallest absolute Gasteiger partial charge is 0.370 e. The Bertz CT molecular complexity index is 2510. The molecule has 2 N–H and O–H groups in total. The number of imidazole rings is 2. The van der Waals surface area contributed by atoms with Crippen LogP contribution < -0.4 is 21.4 Å². The maximum Gasteiger partial charge on any atom is 0.370 e. The van der Waals surface area contributed by atoms with E-state index in [9.17, 15) is 19.8 Å². The van der Waals surface area contributed by atoms with Gasteiger partial charge in [0, 0.05) is 59.4 Å². The molecule has 66 heavy (non-hydrogen) atoms. The summed E-state index contributed by atoms with van der Waals surface area (Å²) in [4.78, 5) is 32.3. The molecule has 0 bridgehead atoms. The van der Waals surface area contributed by atoms with Crippen LogP contribution >= 0.6 is 23.2 Å². The van der Waals surface area contributed by atoms with Crippen LogP contribution in [0.5, 0.6) is 11.8 Å². The number of aromatic hydroxyl groups is 2. The quantitative estimate of drug-likeness (QED) is 0.0609. The Kier molecular flexibility index (Phi) is 15.2. The molecule has 2 saturated heterocycles. The van der Waals surface area contributed by atoms with Gasteiger partial charge in [-0.05, 0) is 112 Å². The van der Waals surface area contributed by atoms with E-state index in [2.05, 4.69) is 33.9 Å². The van der Waals surface area contributed by atoms with Gasteiger partial charge in [-0.15, -0.1) is 0 Å². The number of aromatic nitrogens is 4. The largest absolute Gasteiger partial charge is 0.492 e. The Hall–Kier alpha value is -5.94. The highest BCUT2D eigenvalue weighted by molar-refractivity contribution is 6.30. The molecular formula is C48H58Cl2N10O6. The average molecular weight is 942 g/mol. The third-order valence-corrected chi connectivity index (χ3v) is 13.0. The first-order valence-electron chi connectivity index (χ1n) is 22.9. The third-order valence-electron chi connectivity index (χ3n) is 12.4. The van der Waals surface area contributed by atoms with Gasteiger partial charge in [0.05, 0.1) is 37.9 Å². The number of hydrogen-bond donors (Lipinski definition) is 2. The predicted octanol–water partition coefficient (Wildman–Crippen LogP) is 7.72. The van der Waals surface area contributed by atoms with Crippen molar-refractivity contribution >= 4 is 35.6 Å². The van der Waals surface area contributed by atoms with E-state index in [4.69, 9.17) is 32.0 Å². The monoisotopic (exact) mass is 940 g/mol. The SMILES string of the molecule is CCCCC1CN(n2c(O)cn(N=Cc3ccc(-c4ccc(Cl)cc4)o3)c2=O)CCN1CCCCN1CCN(n2c(O)cn(N=Cc3ccc(-c4ccc(Cl)cc4)o3)c2=O)CC1CCCC. The van der Waals surface area contributed by atoms with Gasteiger partial charge in [0.1, 0.15) is 23.0 Å². The maximum absolute atomic E-state index is 13.6. The molecule has 0 amide bonds. The molecule has 0 radical (unpaired) electrons. The van der Waals surface area contributed by atoms with Crippen LogP contribution in [0.3, 0.4) is 0 Å². The molecule has 8 rings (SSSR count). The molecule has 6 aromatic rings. The Balaban J connectivity index is 0.846. The molecule has 2 atom stereocenters. The van der Waals surface area contributed by atoms with E-state index >= 15 is 0 Å². The maximum atomic E-state index is 13.6. The van der Waals surface area contributed by atoms with Crippen molar-refractivity contribution in [3.05, 3.63) is 128 Å². The standard InChI is InChI=1S/C48H58Cl2N10O6/c1-3-5-9-39-31-55(59-45(61)33-57(47(59)63)51-29-41-19-21-43(65-41)35-11-15-37(49)16-12-35)27-25-53(39)23-7-8-24-54-26-28-56(32-40(54)10-6-4-2)60-46(62)34-58(48(60)64)52-30-42-20-22-44(66-42)36-13-17-38(50)18-14-36/h11-22,29-30,33-34,39-40,61-62H,3-10,23-28,31-32H2,1-2H3. The molecule has 2 aliphatic heterocycles. The second-order valence-corrected chi connectivity index (χ2v) is 17.8. The first-order chi connectivity index (χ1) is 32.1. The normalized spacial score (nSPS) is 17.6. The molecular weight excluding hydrogens is 883 g/mol. The van der Waals surface area contributed by atoms with Crippen LogP contribution in [0.1, 0.15) is 76.7 Å². The lowest BCUT2D eigenvalue weighted by molar-refractivity contribution is 0.130. The van der Waals surface area contributed by atoms with Gasteiger partial charge in [0.25, 0.3) is 0 Å². The Labute approximate surface area is 393 Å². The lowest BCUT2D eigenvalue weighted by Gasteiger charge is -2.43. The van der Waals surface area contributed by atoms with Gasteiger partial charge < -0.3 is 29.1 Å². The zero-order chi connectivity index (χ0) is 46.2. The minimum absolute atomic E-state index is 0.167. The average Bonchev–Trinajstić information content (AvgIpc) is 4.12. The van der Waals surface area contributed by atoms with E-state index in [0.29, 0.717) is 59.3 Å². The molecule has 18 heteroatoms. The van der Waals surface area contributed by atoms with Crippen LogP contribution in [0, 0.1) is 0 Å². The minimum Gasteiger partial charge on any atom is -0.492 e. The van der Waals surface area contributed by atoms with Crippen LogP contribution in [0.4, 0.5) is 0 Å². The molecule has 2 aromatic carbocycles. The fourth-order valence-corrected chi connectivity index (χ4v) is 9.16. The molecule has 4 aromatic heterocycles. The zero-order valence-electron chi connectivity index (χ0n) is 37.5. The number of unbranched alkanes of at least 4 members (excludes halogenated alkanes) is 3. The summed E-state index contributed by atoms with van der Waals surface area (Å²) in [6.07, 6.45) is 13.9. The summed E-state index contributed by atoms with van der Waals surface area (Å²) < 4.78 is 16.8. The van der Waals surface area contributed by atoms with Crippen molar-refractivity contribution in [1.82, 2.24) is 28.5 Å². The molecule has 2 unspecified atom stereocenters. The minimum atomic E-state index is -0.449. The molecule has 16 nitrogen and oxygen atoms in total. The van der Waals surface area contributed by atoms with E-state index in [0.717, 1.165) is 98.0 Å². The number of piperazine rings is 2. The summed E-state index contributed by atoms with van der Waals surface area (Å²) >= 11 is 12.1.